The molecule has 0 atom stereocenters. The van der Waals surface area contributed by atoms with E-state index in [4.69, 9.17) is 9.47 Å². The maximum atomic E-state index is 12.5. The number of amidine groups is 1. The van der Waals surface area contributed by atoms with Gasteiger partial charge in [-0.3, -0.25) is 14.9 Å². The molecule has 0 bridgehead atoms. The molecule has 172 valence electrons. The van der Waals surface area contributed by atoms with Crippen LogP contribution in [0.5, 0.6) is 11.5 Å². The van der Waals surface area contributed by atoms with Gasteiger partial charge in [-0.15, -0.1) is 0 Å². The fourth-order valence-electron chi connectivity index (χ4n) is 3.25. The summed E-state index contributed by atoms with van der Waals surface area (Å²) in [5, 5.41) is 14.1. The predicted molar refractivity (Wildman–Crippen MR) is 132 cm³/mol. The largest absolute Gasteiger partial charge is 0.493 e. The number of nitro groups is 1. The molecule has 1 saturated heterocycles. The number of carbonyl (C=O) groups excluding carboxylic acids is 1. The number of carbonyl (C=O) groups is 1. The summed E-state index contributed by atoms with van der Waals surface area (Å²) in [4.78, 5) is 27.8. The van der Waals surface area contributed by atoms with Gasteiger partial charge in [0.15, 0.2) is 16.7 Å². The van der Waals surface area contributed by atoms with Crippen molar-refractivity contribution in [1.29, 1.82) is 0 Å². The lowest BCUT2D eigenvalue weighted by Crippen LogP contribution is -2.19. The van der Waals surface area contributed by atoms with E-state index in [1.165, 1.54) is 23.9 Å². The van der Waals surface area contributed by atoms with E-state index in [1.807, 2.05) is 36.4 Å². The van der Waals surface area contributed by atoms with Crippen molar-refractivity contribution in [3.05, 3.63) is 98.4 Å². The fourth-order valence-corrected chi connectivity index (χ4v) is 4.08. The lowest BCUT2D eigenvalue weighted by molar-refractivity contribution is -0.384. The summed E-state index contributed by atoms with van der Waals surface area (Å²) in [5.74, 6) is 0.892. The Morgan fingerprint density at radius 3 is 2.59 bits per heavy atom. The fraction of sp³-hybridized carbons (Fsp3) is 0.120. The third kappa shape index (κ3) is 5.44. The molecule has 1 heterocycles. The summed E-state index contributed by atoms with van der Waals surface area (Å²) >= 11 is 1.20. The van der Waals surface area contributed by atoms with E-state index in [-0.39, 0.29) is 11.6 Å². The van der Waals surface area contributed by atoms with Gasteiger partial charge < -0.3 is 14.8 Å². The van der Waals surface area contributed by atoms with Crippen LogP contribution in [0, 0.1) is 17.0 Å². The molecule has 1 fully saturated rings. The number of amides is 1. The molecule has 1 amide bonds. The van der Waals surface area contributed by atoms with Gasteiger partial charge >= 0.3 is 0 Å². The maximum Gasteiger partial charge on any atom is 0.269 e. The molecule has 0 saturated carbocycles. The van der Waals surface area contributed by atoms with Gasteiger partial charge in [0.25, 0.3) is 11.6 Å². The van der Waals surface area contributed by atoms with Gasteiger partial charge in [-0.2, -0.15) is 0 Å². The van der Waals surface area contributed by atoms with Crippen LogP contribution in [-0.2, 0) is 11.4 Å². The lowest BCUT2D eigenvalue weighted by Gasteiger charge is -2.11. The molecular formula is C25H21N3O5S. The molecule has 3 aromatic rings. The van der Waals surface area contributed by atoms with Crippen LogP contribution in [0.4, 0.5) is 11.4 Å². The third-order valence-electron chi connectivity index (χ3n) is 4.99. The minimum Gasteiger partial charge on any atom is -0.493 e. The zero-order valence-electron chi connectivity index (χ0n) is 18.5. The summed E-state index contributed by atoms with van der Waals surface area (Å²) in [6.45, 7) is 2.15. The minimum absolute atomic E-state index is 0.00436. The Balaban J connectivity index is 1.50. The molecule has 0 spiro atoms. The monoisotopic (exact) mass is 475 g/mol. The number of aryl methyl sites for hydroxylation is 1. The van der Waals surface area contributed by atoms with Crippen molar-refractivity contribution in [1.82, 2.24) is 5.32 Å². The van der Waals surface area contributed by atoms with Gasteiger partial charge in [-0.25, -0.2) is 4.99 Å². The van der Waals surface area contributed by atoms with Crippen molar-refractivity contribution in [2.24, 2.45) is 4.99 Å². The Bertz CT molecular complexity index is 1310. The van der Waals surface area contributed by atoms with Crippen LogP contribution in [0.3, 0.4) is 0 Å². The van der Waals surface area contributed by atoms with E-state index in [0.29, 0.717) is 39.4 Å². The highest BCUT2D eigenvalue weighted by atomic mass is 32.2. The summed E-state index contributed by atoms with van der Waals surface area (Å²) < 4.78 is 11.4. The van der Waals surface area contributed by atoms with E-state index in [9.17, 15) is 14.9 Å². The number of ether oxygens (including phenoxy) is 2. The number of benzene rings is 3. The van der Waals surface area contributed by atoms with E-state index in [0.717, 1.165) is 11.1 Å². The van der Waals surface area contributed by atoms with Gasteiger partial charge in [0.2, 0.25) is 0 Å². The Morgan fingerprint density at radius 2 is 1.88 bits per heavy atom. The summed E-state index contributed by atoms with van der Waals surface area (Å²) in [6, 6.07) is 19.7. The first-order valence-electron chi connectivity index (χ1n) is 10.3. The molecule has 8 nitrogen and oxygen atoms in total. The van der Waals surface area contributed by atoms with Crippen LogP contribution in [0.25, 0.3) is 6.08 Å². The Labute approximate surface area is 200 Å². The molecule has 3 aromatic carbocycles. The first-order valence-corrected chi connectivity index (χ1v) is 11.1. The summed E-state index contributed by atoms with van der Waals surface area (Å²) in [6.07, 6.45) is 1.74. The van der Waals surface area contributed by atoms with Crippen molar-refractivity contribution >= 4 is 40.3 Å². The maximum absolute atomic E-state index is 12.5. The number of nitro benzene ring substituents is 1. The van der Waals surface area contributed by atoms with Crippen molar-refractivity contribution in [2.75, 3.05) is 7.11 Å². The van der Waals surface area contributed by atoms with Crippen molar-refractivity contribution < 1.29 is 19.2 Å². The van der Waals surface area contributed by atoms with Gasteiger partial charge in [0.05, 0.1) is 22.6 Å². The SMILES string of the molecule is COc1cc(/C=C2/SC(=Nc3ccc([N+](=O)[O-])cc3C)NC2=O)ccc1OCc1ccccc1. The molecule has 0 aromatic heterocycles. The number of aliphatic imine (C=N–C) groups is 1. The predicted octanol–water partition coefficient (Wildman–Crippen LogP) is 5.38. The number of nitrogens with zero attached hydrogens (tertiary/aromatic N) is 2. The third-order valence-corrected chi connectivity index (χ3v) is 5.90. The highest BCUT2D eigenvalue weighted by Gasteiger charge is 2.24. The number of hydrogen-bond acceptors (Lipinski definition) is 7. The van der Waals surface area contributed by atoms with E-state index < -0.39 is 4.92 Å². The quantitative estimate of drug-likeness (QED) is 0.279. The molecule has 1 N–H and O–H groups in total. The second-order valence-corrected chi connectivity index (χ2v) is 8.42. The number of rotatable bonds is 7. The summed E-state index contributed by atoms with van der Waals surface area (Å²) in [7, 11) is 1.57. The van der Waals surface area contributed by atoms with E-state index >= 15 is 0 Å². The topological polar surface area (TPSA) is 103 Å². The van der Waals surface area contributed by atoms with Crippen LogP contribution in [0.1, 0.15) is 16.7 Å². The average Bonchev–Trinajstić information content (AvgIpc) is 3.18. The van der Waals surface area contributed by atoms with Crippen LogP contribution >= 0.6 is 11.8 Å². The Kier molecular flexibility index (Phi) is 6.93. The number of thioether (sulfide) groups is 1. The molecule has 1 aliphatic heterocycles. The van der Waals surface area contributed by atoms with Gasteiger partial charge in [-0.1, -0.05) is 36.4 Å². The van der Waals surface area contributed by atoms with E-state index in [2.05, 4.69) is 10.3 Å². The van der Waals surface area contributed by atoms with Crippen LogP contribution in [-0.4, -0.2) is 23.1 Å². The number of hydrogen-bond donors (Lipinski definition) is 1. The molecule has 34 heavy (non-hydrogen) atoms. The summed E-state index contributed by atoms with van der Waals surface area (Å²) in [5.41, 5.74) is 3.01. The molecule has 1 aliphatic rings. The van der Waals surface area contributed by atoms with Crippen molar-refractivity contribution in [2.45, 2.75) is 13.5 Å². The molecule has 0 aliphatic carbocycles. The number of non-ortho nitro benzene ring substituents is 1. The Hall–Kier alpha value is -4.11. The first-order chi connectivity index (χ1) is 16.4. The average molecular weight is 476 g/mol. The zero-order valence-corrected chi connectivity index (χ0v) is 19.3. The second kappa shape index (κ2) is 10.2. The van der Waals surface area contributed by atoms with Gasteiger partial charge in [0, 0.05) is 12.1 Å². The molecule has 0 unspecified atom stereocenters. The lowest BCUT2D eigenvalue weighted by atomic mass is 10.2. The molecular weight excluding hydrogens is 454 g/mol. The van der Waals surface area contributed by atoms with Crippen molar-refractivity contribution in [3.8, 4) is 11.5 Å². The highest BCUT2D eigenvalue weighted by Crippen LogP contribution is 2.33. The first kappa shape index (κ1) is 23.1. The zero-order chi connectivity index (χ0) is 24.1. The van der Waals surface area contributed by atoms with Gasteiger partial charge in [0.1, 0.15) is 6.61 Å². The van der Waals surface area contributed by atoms with Crippen molar-refractivity contribution in [3.63, 3.8) is 0 Å². The highest BCUT2D eigenvalue weighted by molar-refractivity contribution is 8.18. The standard InChI is InChI=1S/C25H21N3O5S/c1-16-12-19(28(30)31)9-10-20(16)26-25-27-24(29)23(34-25)14-18-8-11-21(22(13-18)32-2)33-15-17-6-4-3-5-7-17/h3-14H,15H2,1-2H3,(H,26,27,29)/b23-14+. The van der Waals surface area contributed by atoms with Gasteiger partial charge in [-0.05, 0) is 59.7 Å². The second-order valence-electron chi connectivity index (χ2n) is 7.39. The van der Waals surface area contributed by atoms with E-state index in [1.54, 1.807) is 38.3 Å². The normalized spacial score (nSPS) is 15.4. The smallest absolute Gasteiger partial charge is 0.269 e. The minimum atomic E-state index is -0.455. The van der Waals surface area contributed by atoms with Crippen LogP contribution < -0.4 is 14.8 Å². The molecule has 0 radical (unpaired) electrons. The molecule has 9 heteroatoms. The van der Waals surface area contributed by atoms with Crippen LogP contribution in [0.15, 0.2) is 76.6 Å². The number of nitrogens with one attached hydrogen (secondary N) is 1. The van der Waals surface area contributed by atoms with Crippen LogP contribution in [0.2, 0.25) is 0 Å². The molecule has 4 rings (SSSR count). The Morgan fingerprint density at radius 1 is 1.09 bits per heavy atom. The number of methoxy groups -OCH3 is 1.